The molecule has 1 heterocycles. The zero-order valence-corrected chi connectivity index (χ0v) is 14.3. The number of fused-ring (bicyclic) bond motifs is 1. The third-order valence-electron chi connectivity index (χ3n) is 4.54. The number of rotatable bonds is 6. The highest BCUT2D eigenvalue weighted by molar-refractivity contribution is 8.00. The van der Waals surface area contributed by atoms with Crippen molar-refractivity contribution in [2.24, 2.45) is 7.05 Å². The molecule has 23 heavy (non-hydrogen) atoms. The van der Waals surface area contributed by atoms with Crippen LogP contribution in [0.3, 0.4) is 0 Å². The van der Waals surface area contributed by atoms with Gasteiger partial charge in [0, 0.05) is 30.6 Å². The highest BCUT2D eigenvalue weighted by atomic mass is 32.2. The van der Waals surface area contributed by atoms with Crippen LogP contribution in [0.25, 0.3) is 10.9 Å². The first-order chi connectivity index (χ1) is 11.1. The molecule has 4 nitrogen and oxygen atoms in total. The molecule has 1 unspecified atom stereocenters. The van der Waals surface area contributed by atoms with E-state index >= 15 is 0 Å². The lowest BCUT2D eigenvalue weighted by Gasteiger charge is -2.13. The van der Waals surface area contributed by atoms with Crippen molar-refractivity contribution in [2.75, 3.05) is 12.3 Å². The van der Waals surface area contributed by atoms with Gasteiger partial charge in [0.2, 0.25) is 5.91 Å². The molecule has 0 spiro atoms. The lowest BCUT2D eigenvalue weighted by molar-refractivity contribution is -0.119. The first kappa shape index (κ1) is 16.4. The van der Waals surface area contributed by atoms with Crippen molar-refractivity contribution in [2.45, 2.75) is 37.0 Å². The molecule has 1 aromatic heterocycles. The van der Waals surface area contributed by atoms with Crippen molar-refractivity contribution in [3.63, 3.8) is 0 Å². The Kier molecular flexibility index (Phi) is 5.28. The Labute approximate surface area is 141 Å². The average molecular weight is 332 g/mol. The van der Waals surface area contributed by atoms with E-state index in [9.17, 15) is 9.90 Å². The van der Waals surface area contributed by atoms with E-state index in [1.54, 1.807) is 11.8 Å². The standard InChI is InChI=1S/C18H24N2O2S/c1-20-9-8-13-10-14(6-7-16(13)20)17(21)11-19-18(22)12-23-15-4-2-3-5-15/h6-10,15,17,21H,2-5,11-12H2,1H3,(H,19,22). The zero-order chi connectivity index (χ0) is 16.2. The van der Waals surface area contributed by atoms with E-state index in [-0.39, 0.29) is 12.5 Å². The summed E-state index contributed by atoms with van der Waals surface area (Å²) in [6.45, 7) is 0.266. The predicted molar refractivity (Wildman–Crippen MR) is 95.6 cm³/mol. The number of aliphatic hydroxyl groups is 1. The van der Waals surface area contributed by atoms with E-state index in [1.165, 1.54) is 25.7 Å². The molecule has 3 rings (SSSR count). The van der Waals surface area contributed by atoms with Gasteiger partial charge in [-0.1, -0.05) is 18.9 Å². The second-order valence-electron chi connectivity index (χ2n) is 6.28. The summed E-state index contributed by atoms with van der Waals surface area (Å²) in [5.74, 6) is 0.511. The van der Waals surface area contributed by atoms with Crippen LogP contribution in [0.5, 0.6) is 0 Å². The van der Waals surface area contributed by atoms with E-state index in [1.807, 2.05) is 42.1 Å². The maximum atomic E-state index is 11.9. The van der Waals surface area contributed by atoms with Crippen LogP contribution in [0.15, 0.2) is 30.5 Å². The molecule has 0 bridgehead atoms. The van der Waals surface area contributed by atoms with E-state index in [4.69, 9.17) is 0 Å². The monoisotopic (exact) mass is 332 g/mol. The van der Waals surface area contributed by atoms with Crippen molar-refractivity contribution in [1.82, 2.24) is 9.88 Å². The van der Waals surface area contributed by atoms with Gasteiger partial charge in [0.25, 0.3) is 0 Å². The van der Waals surface area contributed by atoms with Gasteiger partial charge in [0.15, 0.2) is 0 Å². The van der Waals surface area contributed by atoms with Crippen molar-refractivity contribution in [3.8, 4) is 0 Å². The van der Waals surface area contributed by atoms with Gasteiger partial charge < -0.3 is 15.0 Å². The highest BCUT2D eigenvalue weighted by Gasteiger charge is 2.17. The lowest BCUT2D eigenvalue weighted by atomic mass is 10.1. The molecule has 1 amide bonds. The van der Waals surface area contributed by atoms with Crippen molar-refractivity contribution in [3.05, 3.63) is 36.0 Å². The Morgan fingerprint density at radius 3 is 2.96 bits per heavy atom. The number of carbonyl (C=O) groups is 1. The van der Waals surface area contributed by atoms with Crippen LogP contribution in [-0.2, 0) is 11.8 Å². The first-order valence-corrected chi connectivity index (χ1v) is 9.30. The molecule has 1 atom stereocenters. The van der Waals surface area contributed by atoms with Gasteiger partial charge in [-0.2, -0.15) is 0 Å². The minimum absolute atomic E-state index is 0.0155. The van der Waals surface area contributed by atoms with Gasteiger partial charge in [-0.3, -0.25) is 4.79 Å². The number of nitrogens with zero attached hydrogens (tertiary/aromatic N) is 1. The molecule has 1 aliphatic carbocycles. The van der Waals surface area contributed by atoms with E-state index in [0.29, 0.717) is 11.0 Å². The number of benzene rings is 1. The Balaban J connectivity index is 1.49. The van der Waals surface area contributed by atoms with E-state index < -0.39 is 6.10 Å². The molecule has 1 aromatic carbocycles. The van der Waals surface area contributed by atoms with Gasteiger partial charge in [0.1, 0.15) is 0 Å². The Bertz CT molecular complexity index is 677. The summed E-state index contributed by atoms with van der Waals surface area (Å²) in [5, 5.41) is 14.9. The number of amides is 1. The van der Waals surface area contributed by atoms with Crippen LogP contribution in [0.2, 0.25) is 0 Å². The predicted octanol–water partition coefficient (Wildman–Crippen LogP) is 3.00. The number of nitrogens with one attached hydrogen (secondary N) is 1. The lowest BCUT2D eigenvalue weighted by Crippen LogP contribution is -2.30. The number of carbonyl (C=O) groups excluding carboxylic acids is 1. The van der Waals surface area contributed by atoms with Gasteiger partial charge in [0.05, 0.1) is 11.9 Å². The van der Waals surface area contributed by atoms with Crippen LogP contribution in [0.1, 0.15) is 37.4 Å². The van der Waals surface area contributed by atoms with Crippen molar-refractivity contribution in [1.29, 1.82) is 0 Å². The molecule has 0 aliphatic heterocycles. The van der Waals surface area contributed by atoms with E-state index in [0.717, 1.165) is 16.5 Å². The highest BCUT2D eigenvalue weighted by Crippen LogP contribution is 2.29. The minimum Gasteiger partial charge on any atom is -0.387 e. The molecular weight excluding hydrogens is 308 g/mol. The summed E-state index contributed by atoms with van der Waals surface area (Å²) >= 11 is 1.75. The van der Waals surface area contributed by atoms with Crippen LogP contribution in [0.4, 0.5) is 0 Å². The third kappa shape index (κ3) is 4.09. The summed E-state index contributed by atoms with van der Waals surface area (Å²) < 4.78 is 2.05. The maximum absolute atomic E-state index is 11.9. The summed E-state index contributed by atoms with van der Waals surface area (Å²) in [5.41, 5.74) is 1.98. The molecule has 1 fully saturated rings. The second kappa shape index (κ2) is 7.41. The Morgan fingerprint density at radius 1 is 1.39 bits per heavy atom. The van der Waals surface area contributed by atoms with Crippen molar-refractivity contribution < 1.29 is 9.90 Å². The molecule has 124 valence electrons. The molecule has 1 saturated carbocycles. The molecule has 0 saturated heterocycles. The largest absolute Gasteiger partial charge is 0.387 e. The van der Waals surface area contributed by atoms with Gasteiger partial charge >= 0.3 is 0 Å². The first-order valence-electron chi connectivity index (χ1n) is 8.25. The summed E-state index contributed by atoms with van der Waals surface area (Å²) in [4.78, 5) is 11.9. The Morgan fingerprint density at radius 2 is 2.17 bits per heavy atom. The van der Waals surface area contributed by atoms with E-state index in [2.05, 4.69) is 5.32 Å². The zero-order valence-electron chi connectivity index (χ0n) is 13.5. The molecule has 1 aliphatic rings. The molecule has 0 radical (unpaired) electrons. The summed E-state index contributed by atoms with van der Waals surface area (Å²) in [6, 6.07) is 7.94. The second-order valence-corrected chi connectivity index (χ2v) is 7.57. The smallest absolute Gasteiger partial charge is 0.230 e. The van der Waals surface area contributed by atoms with Crippen molar-refractivity contribution >= 4 is 28.6 Å². The fraction of sp³-hybridized carbons (Fsp3) is 0.500. The summed E-state index contributed by atoms with van der Waals surface area (Å²) in [7, 11) is 2.00. The fourth-order valence-corrected chi connectivity index (χ4v) is 4.29. The number of thioether (sulfide) groups is 1. The van der Waals surface area contributed by atoms with Crippen LogP contribution < -0.4 is 5.32 Å². The Hall–Kier alpha value is -1.46. The van der Waals surface area contributed by atoms with Gasteiger partial charge in [-0.05, 0) is 42.0 Å². The summed E-state index contributed by atoms with van der Waals surface area (Å²) in [6.07, 6.45) is 6.39. The van der Waals surface area contributed by atoms with Gasteiger partial charge in [-0.15, -0.1) is 11.8 Å². The topological polar surface area (TPSA) is 54.3 Å². The quantitative estimate of drug-likeness (QED) is 0.855. The third-order valence-corrected chi connectivity index (χ3v) is 5.91. The minimum atomic E-state index is -0.667. The normalized spacial score (nSPS) is 16.8. The number of aryl methyl sites for hydroxylation is 1. The number of hydrogen-bond donors (Lipinski definition) is 2. The molecule has 2 aromatic rings. The molecule has 2 N–H and O–H groups in total. The van der Waals surface area contributed by atoms with Crippen LogP contribution >= 0.6 is 11.8 Å². The number of aromatic nitrogens is 1. The fourth-order valence-electron chi connectivity index (χ4n) is 3.14. The number of aliphatic hydroxyl groups excluding tert-OH is 1. The van der Waals surface area contributed by atoms with Gasteiger partial charge in [-0.25, -0.2) is 0 Å². The molecule has 5 heteroatoms. The average Bonchev–Trinajstić information content (AvgIpc) is 3.20. The molecular formula is C18H24N2O2S. The van der Waals surface area contributed by atoms with Crippen LogP contribution in [-0.4, -0.2) is 33.1 Å². The maximum Gasteiger partial charge on any atom is 0.230 e. The SMILES string of the molecule is Cn1ccc2cc(C(O)CNC(=O)CSC3CCCC3)ccc21. The van der Waals surface area contributed by atoms with Crippen LogP contribution in [0, 0.1) is 0 Å². The number of hydrogen-bond acceptors (Lipinski definition) is 3.